The zero-order valence-corrected chi connectivity index (χ0v) is 7.98. The maximum absolute atomic E-state index is 10.6. The Kier molecular flexibility index (Phi) is 5.69. The Morgan fingerprint density at radius 3 is 2.60 bits per heavy atom. The van der Waals surface area contributed by atoms with Crippen LogP contribution >= 0.6 is 15.9 Å². The van der Waals surface area contributed by atoms with Crippen LogP contribution in [0.15, 0.2) is 0 Å². The lowest BCUT2D eigenvalue weighted by Crippen LogP contribution is -2.10. The molecule has 0 aromatic carbocycles. The SMILES string of the molecule is CCCC(Br)OC(=O)CC. The van der Waals surface area contributed by atoms with Crippen molar-refractivity contribution in [2.75, 3.05) is 0 Å². The van der Waals surface area contributed by atoms with Gasteiger partial charge in [0.15, 0.2) is 5.01 Å². The number of halogens is 1. The van der Waals surface area contributed by atoms with Gasteiger partial charge in [0, 0.05) is 6.42 Å². The van der Waals surface area contributed by atoms with Crippen molar-refractivity contribution in [2.24, 2.45) is 0 Å². The van der Waals surface area contributed by atoms with Crippen molar-refractivity contribution in [3.63, 3.8) is 0 Å². The van der Waals surface area contributed by atoms with Gasteiger partial charge in [0.25, 0.3) is 0 Å². The van der Waals surface area contributed by atoms with Crippen molar-refractivity contribution in [3.8, 4) is 0 Å². The van der Waals surface area contributed by atoms with Crippen LogP contribution in [0.25, 0.3) is 0 Å². The fraction of sp³-hybridized carbons (Fsp3) is 0.857. The zero-order valence-electron chi connectivity index (χ0n) is 6.39. The summed E-state index contributed by atoms with van der Waals surface area (Å²) in [4.78, 5) is 10.6. The highest BCUT2D eigenvalue weighted by Crippen LogP contribution is 2.09. The summed E-state index contributed by atoms with van der Waals surface area (Å²) in [7, 11) is 0. The average molecular weight is 209 g/mol. The van der Waals surface area contributed by atoms with Gasteiger partial charge in [-0.3, -0.25) is 4.79 Å². The second-order valence-corrected chi connectivity index (χ2v) is 3.06. The summed E-state index contributed by atoms with van der Waals surface area (Å²) >= 11 is 3.24. The molecule has 60 valence electrons. The fourth-order valence-electron chi connectivity index (χ4n) is 0.512. The smallest absolute Gasteiger partial charge is 0.306 e. The molecule has 0 aromatic rings. The van der Waals surface area contributed by atoms with Crippen LogP contribution in [0.2, 0.25) is 0 Å². The Labute approximate surface area is 70.1 Å². The van der Waals surface area contributed by atoms with E-state index >= 15 is 0 Å². The minimum Gasteiger partial charge on any atom is -0.451 e. The van der Waals surface area contributed by atoms with Crippen LogP contribution in [0, 0.1) is 0 Å². The molecule has 0 amide bonds. The Morgan fingerprint density at radius 1 is 1.60 bits per heavy atom. The van der Waals surface area contributed by atoms with E-state index in [1.165, 1.54) is 0 Å². The third-order valence-electron chi connectivity index (χ3n) is 1.06. The lowest BCUT2D eigenvalue weighted by atomic mass is 10.4. The molecule has 0 aliphatic carbocycles. The summed E-state index contributed by atoms with van der Waals surface area (Å²) in [6.07, 6.45) is 2.35. The van der Waals surface area contributed by atoms with E-state index in [9.17, 15) is 4.79 Å². The third-order valence-corrected chi connectivity index (χ3v) is 1.71. The highest BCUT2D eigenvalue weighted by Gasteiger charge is 2.06. The lowest BCUT2D eigenvalue weighted by Gasteiger charge is -2.08. The molecule has 0 spiro atoms. The molecule has 0 rings (SSSR count). The molecule has 0 bridgehead atoms. The first-order valence-corrected chi connectivity index (χ1v) is 4.45. The van der Waals surface area contributed by atoms with Crippen molar-refractivity contribution in [3.05, 3.63) is 0 Å². The quantitative estimate of drug-likeness (QED) is 0.525. The minimum atomic E-state index is -0.143. The maximum Gasteiger partial charge on any atom is 0.306 e. The number of carbonyl (C=O) groups excluding carboxylic acids is 1. The van der Waals surface area contributed by atoms with Crippen LogP contribution in [0.3, 0.4) is 0 Å². The third kappa shape index (κ3) is 4.79. The Morgan fingerprint density at radius 2 is 2.20 bits per heavy atom. The monoisotopic (exact) mass is 208 g/mol. The summed E-state index contributed by atoms with van der Waals surface area (Å²) in [6.45, 7) is 3.84. The van der Waals surface area contributed by atoms with Crippen LogP contribution in [0.1, 0.15) is 33.1 Å². The largest absolute Gasteiger partial charge is 0.451 e. The molecule has 0 radical (unpaired) electrons. The van der Waals surface area contributed by atoms with Crippen molar-refractivity contribution in [1.82, 2.24) is 0 Å². The van der Waals surface area contributed by atoms with Gasteiger partial charge in [-0.05, 0) is 22.4 Å². The number of hydrogen-bond donors (Lipinski definition) is 0. The van der Waals surface area contributed by atoms with Gasteiger partial charge in [-0.25, -0.2) is 0 Å². The molecule has 0 saturated heterocycles. The van der Waals surface area contributed by atoms with E-state index in [1.54, 1.807) is 6.92 Å². The molecule has 0 aliphatic rings. The second-order valence-electron chi connectivity index (χ2n) is 2.04. The van der Waals surface area contributed by atoms with Gasteiger partial charge in [-0.1, -0.05) is 20.3 Å². The van der Waals surface area contributed by atoms with Crippen molar-refractivity contribution >= 4 is 21.9 Å². The molecule has 10 heavy (non-hydrogen) atoms. The van der Waals surface area contributed by atoms with E-state index in [-0.39, 0.29) is 11.0 Å². The standard InChI is InChI=1S/C7H13BrO2/c1-3-5-6(8)10-7(9)4-2/h6H,3-5H2,1-2H3. The molecular formula is C7H13BrO2. The van der Waals surface area contributed by atoms with Crippen LogP contribution in [0.4, 0.5) is 0 Å². The summed E-state index contributed by atoms with van der Waals surface area (Å²) in [5, 5.41) is -0.0926. The van der Waals surface area contributed by atoms with Crippen LogP contribution in [-0.4, -0.2) is 11.0 Å². The van der Waals surface area contributed by atoms with Gasteiger partial charge in [0.1, 0.15) is 0 Å². The summed E-state index contributed by atoms with van der Waals surface area (Å²) in [6, 6.07) is 0. The van der Waals surface area contributed by atoms with Gasteiger partial charge in [0.05, 0.1) is 0 Å². The Balaban J connectivity index is 3.37. The predicted octanol–water partition coefficient (Wildman–Crippen LogP) is 2.46. The molecule has 0 aliphatic heterocycles. The van der Waals surface area contributed by atoms with E-state index in [4.69, 9.17) is 4.74 Å². The van der Waals surface area contributed by atoms with E-state index < -0.39 is 0 Å². The molecule has 0 saturated carbocycles. The number of hydrogen-bond acceptors (Lipinski definition) is 2. The number of rotatable bonds is 4. The fourth-order valence-corrected chi connectivity index (χ4v) is 1.18. The highest BCUT2D eigenvalue weighted by atomic mass is 79.9. The summed E-state index contributed by atoms with van der Waals surface area (Å²) in [5.41, 5.74) is 0. The Hall–Kier alpha value is -0.0500. The number of esters is 1. The first-order chi connectivity index (χ1) is 4.70. The summed E-state index contributed by atoms with van der Waals surface area (Å²) < 4.78 is 4.92. The first-order valence-electron chi connectivity index (χ1n) is 3.54. The molecule has 0 N–H and O–H groups in total. The molecule has 1 unspecified atom stereocenters. The topological polar surface area (TPSA) is 26.3 Å². The number of alkyl halides is 1. The van der Waals surface area contributed by atoms with Crippen molar-refractivity contribution in [1.29, 1.82) is 0 Å². The number of carbonyl (C=O) groups is 1. The van der Waals surface area contributed by atoms with Gasteiger partial charge in [-0.2, -0.15) is 0 Å². The normalized spacial score (nSPS) is 12.7. The molecule has 0 fully saturated rings. The zero-order chi connectivity index (χ0) is 7.98. The predicted molar refractivity (Wildman–Crippen MR) is 44.0 cm³/mol. The van der Waals surface area contributed by atoms with Crippen LogP contribution < -0.4 is 0 Å². The minimum absolute atomic E-state index is 0.0926. The molecule has 0 aromatic heterocycles. The lowest BCUT2D eigenvalue weighted by molar-refractivity contribution is -0.144. The molecule has 1 atom stereocenters. The van der Waals surface area contributed by atoms with Gasteiger partial charge in [-0.15, -0.1) is 0 Å². The van der Waals surface area contributed by atoms with E-state index in [1.807, 2.05) is 6.92 Å². The molecule has 3 heteroatoms. The first kappa shape index (κ1) is 9.95. The van der Waals surface area contributed by atoms with E-state index in [0.717, 1.165) is 12.8 Å². The van der Waals surface area contributed by atoms with E-state index in [0.29, 0.717) is 6.42 Å². The average Bonchev–Trinajstić information content (AvgIpc) is 1.88. The number of ether oxygens (including phenoxy) is 1. The second kappa shape index (κ2) is 5.71. The Bertz CT molecular complexity index is 104. The maximum atomic E-state index is 10.6. The van der Waals surface area contributed by atoms with E-state index in [2.05, 4.69) is 15.9 Å². The summed E-state index contributed by atoms with van der Waals surface area (Å²) in [5.74, 6) is -0.143. The van der Waals surface area contributed by atoms with Crippen molar-refractivity contribution < 1.29 is 9.53 Å². The van der Waals surface area contributed by atoms with Gasteiger partial charge in [0.2, 0.25) is 0 Å². The van der Waals surface area contributed by atoms with Gasteiger partial charge < -0.3 is 4.74 Å². The van der Waals surface area contributed by atoms with Crippen LogP contribution in [0.5, 0.6) is 0 Å². The van der Waals surface area contributed by atoms with Gasteiger partial charge >= 0.3 is 5.97 Å². The molecular weight excluding hydrogens is 196 g/mol. The van der Waals surface area contributed by atoms with Crippen LogP contribution in [-0.2, 0) is 9.53 Å². The molecule has 0 heterocycles. The molecule has 2 nitrogen and oxygen atoms in total. The highest BCUT2D eigenvalue weighted by molar-refractivity contribution is 9.09. The van der Waals surface area contributed by atoms with Crippen molar-refractivity contribution in [2.45, 2.75) is 38.1 Å².